The second-order valence-electron chi connectivity index (χ2n) is 7.60. The summed E-state index contributed by atoms with van der Waals surface area (Å²) in [5.74, 6) is 1.42. The quantitative estimate of drug-likeness (QED) is 0.550. The Hall–Kier alpha value is -2.35. The van der Waals surface area contributed by atoms with Gasteiger partial charge in [0.05, 0.1) is 10.2 Å². The summed E-state index contributed by atoms with van der Waals surface area (Å²) >= 11 is 1.51. The number of ether oxygens (including phenoxy) is 2. The molecule has 6 nitrogen and oxygen atoms in total. The van der Waals surface area contributed by atoms with E-state index in [9.17, 15) is 4.79 Å². The van der Waals surface area contributed by atoms with E-state index in [1.165, 1.54) is 11.3 Å². The second kappa shape index (κ2) is 9.20. The van der Waals surface area contributed by atoms with Crippen molar-refractivity contribution in [2.24, 2.45) is 0 Å². The molecule has 2 aromatic carbocycles. The standard InChI is InChI=1S/C22H25N3O3S.ClH/c1-14-6-7-15(2)16(10-14)21(26)25(9-5-8-24(3)4)22-23-17-11-18-19(28-13-27-18)12-20(17)29-22;/h6-7,10-12H,5,8-9,13H2,1-4H3;1H. The molecule has 1 amide bonds. The minimum absolute atomic E-state index is 0. The van der Waals surface area contributed by atoms with Crippen LogP contribution in [0.3, 0.4) is 0 Å². The van der Waals surface area contributed by atoms with Crippen LogP contribution >= 0.6 is 23.7 Å². The lowest BCUT2D eigenvalue weighted by atomic mass is 10.0. The van der Waals surface area contributed by atoms with E-state index < -0.39 is 0 Å². The third kappa shape index (κ3) is 4.53. The van der Waals surface area contributed by atoms with Crippen LogP contribution in [0.4, 0.5) is 5.13 Å². The Bertz CT molecular complexity index is 1030. The molecule has 4 rings (SSSR count). The number of rotatable bonds is 6. The second-order valence-corrected chi connectivity index (χ2v) is 8.61. The Morgan fingerprint density at radius 2 is 1.83 bits per heavy atom. The molecule has 160 valence electrons. The largest absolute Gasteiger partial charge is 0.454 e. The number of halogens is 1. The number of thiazole rings is 1. The van der Waals surface area contributed by atoms with Gasteiger partial charge in [0.15, 0.2) is 16.6 Å². The summed E-state index contributed by atoms with van der Waals surface area (Å²) in [6.07, 6.45) is 0.863. The number of hydrogen-bond donors (Lipinski definition) is 0. The van der Waals surface area contributed by atoms with Crippen LogP contribution in [0.1, 0.15) is 27.9 Å². The molecule has 8 heteroatoms. The van der Waals surface area contributed by atoms with E-state index in [2.05, 4.69) is 4.90 Å². The maximum Gasteiger partial charge on any atom is 0.260 e. The van der Waals surface area contributed by atoms with Gasteiger partial charge in [0, 0.05) is 24.2 Å². The highest BCUT2D eigenvalue weighted by atomic mass is 35.5. The number of amides is 1. The molecule has 0 saturated carbocycles. The number of carbonyl (C=O) groups excluding carboxylic acids is 1. The Morgan fingerprint density at radius 3 is 2.57 bits per heavy atom. The molecule has 0 unspecified atom stereocenters. The summed E-state index contributed by atoms with van der Waals surface area (Å²) in [6.45, 7) is 5.73. The third-order valence-electron chi connectivity index (χ3n) is 4.96. The van der Waals surface area contributed by atoms with Crippen molar-refractivity contribution in [3.05, 3.63) is 47.0 Å². The Kier molecular flexibility index (Phi) is 6.85. The maximum absolute atomic E-state index is 13.5. The van der Waals surface area contributed by atoms with Gasteiger partial charge >= 0.3 is 0 Å². The predicted molar refractivity (Wildman–Crippen MR) is 124 cm³/mol. The van der Waals surface area contributed by atoms with Crippen LogP contribution in [-0.2, 0) is 0 Å². The number of benzene rings is 2. The number of carbonyl (C=O) groups is 1. The molecule has 0 saturated heterocycles. The number of aryl methyl sites for hydroxylation is 2. The van der Waals surface area contributed by atoms with Crippen molar-refractivity contribution in [2.75, 3.05) is 38.9 Å². The number of aromatic nitrogens is 1. The summed E-state index contributed by atoms with van der Waals surface area (Å²) in [5.41, 5.74) is 3.59. The van der Waals surface area contributed by atoms with Gasteiger partial charge in [-0.2, -0.15) is 0 Å². The normalized spacial score (nSPS) is 12.3. The van der Waals surface area contributed by atoms with Crippen molar-refractivity contribution >= 4 is 45.0 Å². The molecule has 0 spiro atoms. The van der Waals surface area contributed by atoms with E-state index in [0.29, 0.717) is 17.4 Å². The minimum Gasteiger partial charge on any atom is -0.454 e. The Balaban J connectivity index is 0.00000256. The van der Waals surface area contributed by atoms with Gasteiger partial charge in [0.1, 0.15) is 0 Å². The number of hydrogen-bond acceptors (Lipinski definition) is 6. The van der Waals surface area contributed by atoms with Crippen LogP contribution in [0.15, 0.2) is 30.3 Å². The summed E-state index contributed by atoms with van der Waals surface area (Å²) in [6, 6.07) is 9.82. The van der Waals surface area contributed by atoms with Gasteiger partial charge in [-0.3, -0.25) is 9.69 Å². The first-order chi connectivity index (χ1) is 13.9. The highest BCUT2D eigenvalue weighted by molar-refractivity contribution is 7.22. The van der Waals surface area contributed by atoms with Gasteiger partial charge < -0.3 is 14.4 Å². The van der Waals surface area contributed by atoms with Crippen molar-refractivity contribution in [1.82, 2.24) is 9.88 Å². The van der Waals surface area contributed by atoms with E-state index in [1.807, 2.05) is 63.2 Å². The molecule has 0 atom stereocenters. The van der Waals surface area contributed by atoms with Crippen molar-refractivity contribution in [3.8, 4) is 11.5 Å². The highest BCUT2D eigenvalue weighted by Crippen LogP contribution is 2.40. The summed E-state index contributed by atoms with van der Waals surface area (Å²) in [4.78, 5) is 22.2. The molecule has 2 heterocycles. The molecule has 0 fully saturated rings. The van der Waals surface area contributed by atoms with Gasteiger partial charge in [-0.1, -0.05) is 29.0 Å². The Labute approximate surface area is 186 Å². The van der Waals surface area contributed by atoms with Crippen LogP contribution in [0, 0.1) is 13.8 Å². The monoisotopic (exact) mass is 447 g/mol. The zero-order valence-corrected chi connectivity index (χ0v) is 19.2. The first-order valence-corrected chi connectivity index (χ1v) is 10.5. The summed E-state index contributed by atoms with van der Waals surface area (Å²) in [5, 5.41) is 0.702. The molecule has 3 aromatic rings. The van der Waals surface area contributed by atoms with Crippen LogP contribution in [0.25, 0.3) is 10.2 Å². The van der Waals surface area contributed by atoms with E-state index in [-0.39, 0.29) is 25.1 Å². The van der Waals surface area contributed by atoms with Crippen molar-refractivity contribution < 1.29 is 14.3 Å². The smallest absolute Gasteiger partial charge is 0.260 e. The van der Waals surface area contributed by atoms with Gasteiger partial charge in [-0.05, 0) is 52.5 Å². The third-order valence-corrected chi connectivity index (χ3v) is 6.00. The molecular weight excluding hydrogens is 422 g/mol. The molecule has 1 aliphatic heterocycles. The fourth-order valence-corrected chi connectivity index (χ4v) is 4.36. The summed E-state index contributed by atoms with van der Waals surface area (Å²) in [7, 11) is 4.08. The number of fused-ring (bicyclic) bond motifs is 2. The van der Waals surface area contributed by atoms with Crippen molar-refractivity contribution in [1.29, 1.82) is 0 Å². The molecular formula is C22H26ClN3O3S. The lowest BCUT2D eigenvalue weighted by Crippen LogP contribution is -2.34. The molecule has 0 radical (unpaired) electrons. The average molecular weight is 448 g/mol. The Morgan fingerprint density at radius 1 is 1.10 bits per heavy atom. The van der Waals surface area contributed by atoms with Crippen LogP contribution in [0.2, 0.25) is 0 Å². The molecule has 0 bridgehead atoms. The van der Waals surface area contributed by atoms with Crippen molar-refractivity contribution in [3.63, 3.8) is 0 Å². The molecule has 1 aromatic heterocycles. The van der Waals surface area contributed by atoms with E-state index >= 15 is 0 Å². The first kappa shape index (κ1) is 22.3. The van der Waals surface area contributed by atoms with Gasteiger partial charge in [0.25, 0.3) is 5.91 Å². The molecule has 30 heavy (non-hydrogen) atoms. The van der Waals surface area contributed by atoms with Crippen molar-refractivity contribution in [2.45, 2.75) is 20.3 Å². The van der Waals surface area contributed by atoms with Crippen LogP contribution < -0.4 is 14.4 Å². The zero-order chi connectivity index (χ0) is 20.5. The maximum atomic E-state index is 13.5. The summed E-state index contributed by atoms with van der Waals surface area (Å²) < 4.78 is 11.9. The SMILES string of the molecule is Cc1ccc(C)c(C(=O)N(CCCN(C)C)c2nc3cc4c(cc3s2)OCO4)c1.Cl. The van der Waals surface area contributed by atoms with Crippen LogP contribution in [0.5, 0.6) is 11.5 Å². The highest BCUT2D eigenvalue weighted by Gasteiger charge is 2.24. The predicted octanol–water partition coefficient (Wildman–Crippen LogP) is 4.66. The molecule has 0 aliphatic carbocycles. The minimum atomic E-state index is -0.0101. The lowest BCUT2D eigenvalue weighted by Gasteiger charge is -2.22. The number of anilines is 1. The lowest BCUT2D eigenvalue weighted by molar-refractivity contribution is 0.0985. The topological polar surface area (TPSA) is 54.9 Å². The first-order valence-electron chi connectivity index (χ1n) is 9.66. The fraction of sp³-hybridized carbons (Fsp3) is 0.364. The average Bonchev–Trinajstić information content (AvgIpc) is 3.30. The fourth-order valence-electron chi connectivity index (χ4n) is 3.36. The van der Waals surface area contributed by atoms with E-state index in [1.54, 1.807) is 0 Å². The van der Waals surface area contributed by atoms with Gasteiger partial charge in [0.2, 0.25) is 6.79 Å². The van der Waals surface area contributed by atoms with E-state index in [4.69, 9.17) is 14.5 Å². The molecule has 1 aliphatic rings. The van der Waals surface area contributed by atoms with E-state index in [0.717, 1.165) is 45.6 Å². The number of nitrogens with zero attached hydrogens (tertiary/aromatic N) is 3. The zero-order valence-electron chi connectivity index (χ0n) is 17.6. The van der Waals surface area contributed by atoms with Crippen LogP contribution in [-0.4, -0.2) is 49.8 Å². The van der Waals surface area contributed by atoms with Gasteiger partial charge in [-0.15, -0.1) is 12.4 Å². The molecule has 0 N–H and O–H groups in total. The van der Waals surface area contributed by atoms with Gasteiger partial charge in [-0.25, -0.2) is 4.98 Å².